The highest BCUT2D eigenvalue weighted by atomic mass is 35.5. The average Bonchev–Trinajstić information content (AvgIpc) is 2.41. The van der Waals surface area contributed by atoms with Crippen LogP contribution in [0.4, 0.5) is 0 Å². The van der Waals surface area contributed by atoms with Gasteiger partial charge in [0, 0.05) is 19.6 Å². The molecule has 1 saturated heterocycles. The second-order valence-corrected chi connectivity index (χ2v) is 5.82. The van der Waals surface area contributed by atoms with Gasteiger partial charge in [-0.1, -0.05) is 18.5 Å². The standard InChI is InChI=1S/C16H22ClNO4/c1-3-5-22-15-13(17)6-11(7-14(15)21-4-2)8-18-9-12(10-18)16(19)20/h6-7,12H,3-5,8-10H2,1-2H3,(H,19,20). The second-order valence-electron chi connectivity index (χ2n) is 5.42. The van der Waals surface area contributed by atoms with E-state index in [0.29, 0.717) is 49.4 Å². The maximum atomic E-state index is 10.8. The van der Waals surface area contributed by atoms with Crippen molar-refractivity contribution in [2.45, 2.75) is 26.8 Å². The van der Waals surface area contributed by atoms with Crippen molar-refractivity contribution in [1.29, 1.82) is 0 Å². The number of hydrogen-bond acceptors (Lipinski definition) is 4. The Morgan fingerprint density at radius 2 is 2.09 bits per heavy atom. The first kappa shape index (κ1) is 16.9. The molecule has 0 spiro atoms. The maximum Gasteiger partial charge on any atom is 0.309 e. The van der Waals surface area contributed by atoms with Crippen molar-refractivity contribution in [2.24, 2.45) is 5.92 Å². The molecule has 0 radical (unpaired) electrons. The molecular formula is C16H22ClNO4. The number of hydrogen-bond donors (Lipinski definition) is 1. The van der Waals surface area contributed by atoms with Crippen molar-refractivity contribution in [1.82, 2.24) is 4.90 Å². The van der Waals surface area contributed by atoms with E-state index >= 15 is 0 Å². The molecule has 0 aromatic heterocycles. The molecule has 1 aliphatic heterocycles. The lowest BCUT2D eigenvalue weighted by atomic mass is 9.99. The number of aliphatic carboxylic acids is 1. The molecule has 1 heterocycles. The van der Waals surface area contributed by atoms with Gasteiger partial charge in [-0.05, 0) is 31.0 Å². The van der Waals surface area contributed by atoms with Gasteiger partial charge in [-0.25, -0.2) is 0 Å². The summed E-state index contributed by atoms with van der Waals surface area (Å²) in [7, 11) is 0. The van der Waals surface area contributed by atoms with Gasteiger partial charge in [0.15, 0.2) is 11.5 Å². The summed E-state index contributed by atoms with van der Waals surface area (Å²) in [5, 5.41) is 9.44. The predicted octanol–water partition coefficient (Wildman–Crippen LogP) is 3.04. The number of rotatable bonds is 8. The molecule has 122 valence electrons. The number of ether oxygens (including phenoxy) is 2. The minimum Gasteiger partial charge on any atom is -0.490 e. The van der Waals surface area contributed by atoms with Crippen molar-refractivity contribution in [3.8, 4) is 11.5 Å². The smallest absolute Gasteiger partial charge is 0.309 e. The molecule has 1 N–H and O–H groups in total. The van der Waals surface area contributed by atoms with Crippen LogP contribution < -0.4 is 9.47 Å². The van der Waals surface area contributed by atoms with Crippen LogP contribution in [0.1, 0.15) is 25.8 Å². The summed E-state index contributed by atoms with van der Waals surface area (Å²) in [6.45, 7) is 6.88. The van der Waals surface area contributed by atoms with Crippen LogP contribution in [0.25, 0.3) is 0 Å². The molecule has 1 aromatic rings. The molecule has 5 nitrogen and oxygen atoms in total. The summed E-state index contributed by atoms with van der Waals surface area (Å²) in [5.41, 5.74) is 1.00. The lowest BCUT2D eigenvalue weighted by Gasteiger charge is -2.36. The Morgan fingerprint density at radius 3 is 2.68 bits per heavy atom. The molecule has 2 rings (SSSR count). The molecule has 0 atom stereocenters. The molecular weight excluding hydrogens is 306 g/mol. The molecule has 1 fully saturated rings. The van der Waals surface area contributed by atoms with Crippen LogP contribution in [0.15, 0.2) is 12.1 Å². The molecule has 0 amide bonds. The van der Waals surface area contributed by atoms with Crippen molar-refractivity contribution in [3.05, 3.63) is 22.7 Å². The molecule has 0 bridgehead atoms. The number of benzene rings is 1. The van der Waals surface area contributed by atoms with Crippen molar-refractivity contribution in [3.63, 3.8) is 0 Å². The highest BCUT2D eigenvalue weighted by molar-refractivity contribution is 6.32. The summed E-state index contributed by atoms with van der Waals surface area (Å²) in [4.78, 5) is 12.9. The summed E-state index contributed by atoms with van der Waals surface area (Å²) in [5.74, 6) is 0.247. The van der Waals surface area contributed by atoms with Crippen LogP contribution in [-0.2, 0) is 11.3 Å². The zero-order valence-electron chi connectivity index (χ0n) is 13.0. The number of carboxylic acid groups (broad SMARTS) is 1. The third-order valence-corrected chi connectivity index (χ3v) is 3.81. The largest absolute Gasteiger partial charge is 0.490 e. The van der Waals surface area contributed by atoms with E-state index in [1.807, 2.05) is 26.0 Å². The Hall–Kier alpha value is -1.46. The van der Waals surface area contributed by atoms with Crippen LogP contribution in [-0.4, -0.2) is 42.3 Å². The molecule has 22 heavy (non-hydrogen) atoms. The Kier molecular flexibility index (Phi) is 5.91. The Balaban J connectivity index is 2.07. The van der Waals surface area contributed by atoms with Crippen molar-refractivity contribution in [2.75, 3.05) is 26.3 Å². The van der Waals surface area contributed by atoms with E-state index in [2.05, 4.69) is 4.90 Å². The van der Waals surface area contributed by atoms with E-state index in [1.54, 1.807) is 0 Å². The zero-order valence-corrected chi connectivity index (χ0v) is 13.7. The minimum atomic E-state index is -0.729. The van der Waals surface area contributed by atoms with E-state index in [-0.39, 0.29) is 5.92 Å². The fourth-order valence-electron chi connectivity index (χ4n) is 2.43. The molecule has 0 aliphatic carbocycles. The number of carbonyl (C=O) groups is 1. The summed E-state index contributed by atoms with van der Waals surface area (Å²) < 4.78 is 11.3. The minimum absolute atomic E-state index is 0.256. The first-order valence-corrected chi connectivity index (χ1v) is 7.96. The Bertz CT molecular complexity index is 529. The third kappa shape index (κ3) is 4.05. The lowest BCUT2D eigenvalue weighted by Crippen LogP contribution is -2.49. The highest BCUT2D eigenvalue weighted by Crippen LogP contribution is 2.37. The number of carboxylic acids is 1. The van der Waals surface area contributed by atoms with Gasteiger partial charge in [-0.15, -0.1) is 0 Å². The molecule has 1 aromatic carbocycles. The fraction of sp³-hybridized carbons (Fsp3) is 0.562. The molecule has 1 aliphatic rings. The van der Waals surface area contributed by atoms with Crippen LogP contribution in [0.2, 0.25) is 5.02 Å². The van der Waals surface area contributed by atoms with Gasteiger partial charge in [-0.3, -0.25) is 9.69 Å². The average molecular weight is 328 g/mol. The SMILES string of the molecule is CCCOc1c(Cl)cc(CN2CC(C(=O)O)C2)cc1OCC. The Labute approximate surface area is 135 Å². The predicted molar refractivity (Wildman–Crippen MR) is 84.8 cm³/mol. The van der Waals surface area contributed by atoms with Crippen LogP contribution in [0.5, 0.6) is 11.5 Å². The van der Waals surface area contributed by atoms with Gasteiger partial charge in [0.05, 0.1) is 24.2 Å². The monoisotopic (exact) mass is 327 g/mol. The number of nitrogens with zero attached hydrogens (tertiary/aromatic N) is 1. The third-order valence-electron chi connectivity index (χ3n) is 3.53. The van der Waals surface area contributed by atoms with Gasteiger partial charge in [0.2, 0.25) is 0 Å². The van der Waals surface area contributed by atoms with Gasteiger partial charge in [0.25, 0.3) is 0 Å². The maximum absolute atomic E-state index is 10.8. The first-order chi connectivity index (χ1) is 10.5. The van der Waals surface area contributed by atoms with Gasteiger partial charge in [-0.2, -0.15) is 0 Å². The molecule has 6 heteroatoms. The summed E-state index contributed by atoms with van der Waals surface area (Å²) in [6.07, 6.45) is 0.897. The lowest BCUT2D eigenvalue weighted by molar-refractivity contribution is -0.147. The molecule has 0 saturated carbocycles. The van der Waals surface area contributed by atoms with Crippen LogP contribution in [0, 0.1) is 5.92 Å². The van der Waals surface area contributed by atoms with E-state index in [0.717, 1.165) is 12.0 Å². The fourth-order valence-corrected chi connectivity index (χ4v) is 2.72. The zero-order chi connectivity index (χ0) is 16.1. The van der Waals surface area contributed by atoms with E-state index in [1.165, 1.54) is 0 Å². The van der Waals surface area contributed by atoms with E-state index < -0.39 is 5.97 Å². The van der Waals surface area contributed by atoms with Gasteiger partial charge >= 0.3 is 5.97 Å². The van der Waals surface area contributed by atoms with Crippen molar-refractivity contribution >= 4 is 17.6 Å². The summed E-state index contributed by atoms with van der Waals surface area (Å²) >= 11 is 6.31. The number of likely N-dealkylation sites (tertiary alicyclic amines) is 1. The Morgan fingerprint density at radius 1 is 1.36 bits per heavy atom. The summed E-state index contributed by atoms with van der Waals surface area (Å²) in [6, 6.07) is 3.79. The van der Waals surface area contributed by atoms with E-state index in [4.69, 9.17) is 26.2 Å². The van der Waals surface area contributed by atoms with E-state index in [9.17, 15) is 4.79 Å². The normalized spacial score (nSPS) is 15.4. The van der Waals surface area contributed by atoms with Crippen LogP contribution in [0.3, 0.4) is 0 Å². The first-order valence-electron chi connectivity index (χ1n) is 7.58. The van der Waals surface area contributed by atoms with Gasteiger partial charge in [0.1, 0.15) is 0 Å². The highest BCUT2D eigenvalue weighted by Gasteiger charge is 2.32. The number of halogens is 1. The second kappa shape index (κ2) is 7.70. The van der Waals surface area contributed by atoms with Crippen LogP contribution >= 0.6 is 11.6 Å². The molecule has 0 unspecified atom stereocenters. The quantitative estimate of drug-likeness (QED) is 0.795. The van der Waals surface area contributed by atoms with Gasteiger partial charge < -0.3 is 14.6 Å². The van der Waals surface area contributed by atoms with Crippen molar-refractivity contribution < 1.29 is 19.4 Å². The topological polar surface area (TPSA) is 59.0 Å².